The average molecular weight is 604 g/mol. The van der Waals surface area contributed by atoms with E-state index in [9.17, 15) is 0 Å². The molecule has 150 valence electrons. The summed E-state index contributed by atoms with van der Waals surface area (Å²) in [6.07, 6.45) is 0. The minimum absolute atomic E-state index is 0.825. The molecule has 1 aromatic heterocycles. The van der Waals surface area contributed by atoms with Crippen LogP contribution in [0.2, 0.25) is 0 Å². The molecule has 1 aliphatic rings. The molecule has 0 atom stereocenters. The molecule has 0 aliphatic heterocycles. The van der Waals surface area contributed by atoms with E-state index in [0.29, 0.717) is 0 Å². The van der Waals surface area contributed by atoms with E-state index in [2.05, 4.69) is 102 Å². The van der Waals surface area contributed by atoms with Gasteiger partial charge in [0, 0.05) is 0 Å². The van der Waals surface area contributed by atoms with Crippen LogP contribution in [0, 0.1) is 6.92 Å². The fourth-order valence-electron chi connectivity index (χ4n) is 4.72. The summed E-state index contributed by atoms with van der Waals surface area (Å²) in [6.45, 7) is 1.97. The molecule has 2 radical (unpaired) electrons. The van der Waals surface area contributed by atoms with Crippen molar-refractivity contribution in [2.24, 2.45) is 0 Å². The molecule has 0 N–H and O–H groups in total. The Bertz CT molecular complexity index is 1480. The molecule has 0 unspecified atom stereocenters. The molecule has 32 heavy (non-hydrogen) atoms. The molecular formula is C29H19BiN2. The first-order valence-corrected chi connectivity index (χ1v) is 12.4. The van der Waals surface area contributed by atoms with Crippen molar-refractivity contribution in [3.8, 4) is 55.8 Å². The number of aryl methyl sites for hydroxylation is 1. The van der Waals surface area contributed by atoms with E-state index >= 15 is 0 Å². The van der Waals surface area contributed by atoms with E-state index in [4.69, 9.17) is 4.98 Å². The van der Waals surface area contributed by atoms with Crippen LogP contribution in [0.5, 0.6) is 0 Å². The van der Waals surface area contributed by atoms with Crippen molar-refractivity contribution in [3.05, 3.63) is 103 Å². The van der Waals surface area contributed by atoms with Crippen LogP contribution in [-0.2, 0) is 0 Å². The fraction of sp³-hybridized carbons (Fsp3) is 0.0345. The predicted octanol–water partition coefficient (Wildman–Crippen LogP) is 6.23. The van der Waals surface area contributed by atoms with Gasteiger partial charge in [-0.05, 0) is 0 Å². The molecule has 5 aromatic rings. The number of hydrogen-bond donors (Lipinski definition) is 0. The first-order valence-electron chi connectivity index (χ1n) is 10.7. The maximum atomic E-state index is 4.74. The summed E-state index contributed by atoms with van der Waals surface area (Å²) in [7, 11) is 0. The molecule has 0 spiro atoms. The van der Waals surface area contributed by atoms with Crippen molar-refractivity contribution < 1.29 is 0 Å². The van der Waals surface area contributed by atoms with Crippen LogP contribution in [0.1, 0.15) is 5.82 Å². The van der Waals surface area contributed by atoms with Gasteiger partial charge in [0.1, 0.15) is 0 Å². The summed E-state index contributed by atoms with van der Waals surface area (Å²) in [5.41, 5.74) is 12.2. The summed E-state index contributed by atoms with van der Waals surface area (Å²) >= 11 is 1.13. The molecule has 2 nitrogen and oxygen atoms in total. The molecular weight excluding hydrogens is 585 g/mol. The van der Waals surface area contributed by atoms with Crippen LogP contribution in [0.3, 0.4) is 0 Å². The van der Waals surface area contributed by atoms with E-state index in [0.717, 1.165) is 45.2 Å². The van der Waals surface area contributed by atoms with Crippen LogP contribution < -0.4 is 3.40 Å². The van der Waals surface area contributed by atoms with Crippen molar-refractivity contribution in [3.63, 3.8) is 0 Å². The average Bonchev–Trinajstić information content (AvgIpc) is 2.82. The summed E-state index contributed by atoms with van der Waals surface area (Å²) in [6, 6.07) is 35.1. The summed E-state index contributed by atoms with van der Waals surface area (Å²) in [4.78, 5) is 9.24. The van der Waals surface area contributed by atoms with Crippen molar-refractivity contribution in [2.75, 3.05) is 0 Å². The first-order chi connectivity index (χ1) is 15.7. The van der Waals surface area contributed by atoms with Crippen molar-refractivity contribution in [1.82, 2.24) is 9.97 Å². The normalized spacial score (nSPS) is 11.4. The third kappa shape index (κ3) is 3.20. The number of fused-ring (bicyclic) bond motifs is 8. The first kappa shape index (κ1) is 19.5. The third-order valence-electron chi connectivity index (χ3n) is 6.08. The Morgan fingerprint density at radius 1 is 0.500 bits per heavy atom. The van der Waals surface area contributed by atoms with Gasteiger partial charge in [0.05, 0.1) is 0 Å². The monoisotopic (exact) mass is 604 g/mol. The van der Waals surface area contributed by atoms with Gasteiger partial charge in [-0.1, -0.05) is 0 Å². The van der Waals surface area contributed by atoms with Gasteiger partial charge in [0.15, 0.2) is 0 Å². The van der Waals surface area contributed by atoms with Gasteiger partial charge in [0.25, 0.3) is 0 Å². The summed E-state index contributed by atoms with van der Waals surface area (Å²) in [5.74, 6) is 0.825. The van der Waals surface area contributed by atoms with Gasteiger partial charge < -0.3 is 0 Å². The predicted molar refractivity (Wildman–Crippen MR) is 133 cm³/mol. The third-order valence-corrected chi connectivity index (χ3v) is 6.97. The molecule has 0 amide bonds. The van der Waals surface area contributed by atoms with Gasteiger partial charge in [-0.25, -0.2) is 0 Å². The second-order valence-corrected chi connectivity index (χ2v) is 9.84. The van der Waals surface area contributed by atoms with Crippen molar-refractivity contribution in [2.45, 2.75) is 6.92 Å². The van der Waals surface area contributed by atoms with Crippen LogP contribution >= 0.6 is 0 Å². The number of nitrogens with zero attached hydrogens (tertiary/aromatic N) is 2. The van der Waals surface area contributed by atoms with E-state index in [1.165, 1.54) is 44.5 Å². The molecule has 0 fully saturated rings. The van der Waals surface area contributed by atoms with Crippen LogP contribution in [-0.4, -0.2) is 34.7 Å². The molecule has 6 rings (SSSR count). The quantitative estimate of drug-likeness (QED) is 0.208. The Hall–Kier alpha value is -3.16. The van der Waals surface area contributed by atoms with Gasteiger partial charge in [-0.3, -0.25) is 0 Å². The molecule has 1 heterocycles. The van der Waals surface area contributed by atoms with Gasteiger partial charge >= 0.3 is 204 Å². The standard InChI is InChI=1S/C29H19N2.Bi/c1-19-30-17-16-29(31-19)20-14-15-27-25-12-5-4-10-23(25)21-8-2-3-9-22(21)24-11-6-7-13-26(24)28(27)18-20;/h2-16,18H,1H3;. The number of hydrogen-bond acceptors (Lipinski definition) is 2. The molecule has 0 saturated carbocycles. The molecule has 1 aliphatic carbocycles. The number of aromatic nitrogens is 2. The van der Waals surface area contributed by atoms with E-state index in [-0.39, 0.29) is 0 Å². The Morgan fingerprint density at radius 3 is 1.41 bits per heavy atom. The zero-order valence-corrected chi connectivity index (χ0v) is 21.1. The van der Waals surface area contributed by atoms with Crippen LogP contribution in [0.25, 0.3) is 55.8 Å². The van der Waals surface area contributed by atoms with Crippen LogP contribution in [0.4, 0.5) is 0 Å². The molecule has 3 heteroatoms. The zero-order valence-electron chi connectivity index (χ0n) is 17.6. The van der Waals surface area contributed by atoms with Gasteiger partial charge in [0.2, 0.25) is 0 Å². The van der Waals surface area contributed by atoms with Gasteiger partial charge in [-0.15, -0.1) is 0 Å². The van der Waals surface area contributed by atoms with Crippen molar-refractivity contribution in [1.29, 1.82) is 0 Å². The second kappa shape index (κ2) is 7.76. The van der Waals surface area contributed by atoms with E-state index < -0.39 is 0 Å². The fourth-order valence-corrected chi connectivity index (χ4v) is 5.76. The molecule has 0 saturated heterocycles. The topological polar surface area (TPSA) is 25.8 Å². The Labute approximate surface area is 202 Å². The number of benzene rings is 4. The number of rotatable bonds is 1. The Kier molecular flexibility index (Phi) is 4.73. The van der Waals surface area contributed by atoms with E-state index in [1.54, 1.807) is 0 Å². The minimum atomic E-state index is 0.825. The summed E-state index contributed by atoms with van der Waals surface area (Å²) < 4.78 is 1.10. The van der Waals surface area contributed by atoms with Crippen molar-refractivity contribution >= 4 is 28.1 Å². The van der Waals surface area contributed by atoms with Crippen LogP contribution in [0.15, 0.2) is 97.1 Å². The molecule has 0 bridgehead atoms. The SMILES string of the molecule is Cc1n[c]([Bi])cc(-c2ccc3c(c2)-c2ccccc2-c2ccccc2-c2ccccc2-3)n1. The maximum absolute atomic E-state index is 4.74. The summed E-state index contributed by atoms with van der Waals surface area (Å²) in [5, 5.41) is 0. The Balaban J connectivity index is 1.71. The second-order valence-electron chi connectivity index (χ2n) is 8.06. The van der Waals surface area contributed by atoms with E-state index in [1.807, 2.05) is 6.92 Å². The Morgan fingerprint density at radius 2 is 0.938 bits per heavy atom. The zero-order chi connectivity index (χ0) is 21.7. The molecule has 4 aromatic carbocycles. The van der Waals surface area contributed by atoms with Gasteiger partial charge in [-0.2, -0.15) is 0 Å².